The van der Waals surface area contributed by atoms with E-state index >= 15 is 0 Å². The molecule has 2 heterocycles. The van der Waals surface area contributed by atoms with E-state index in [2.05, 4.69) is 15.3 Å². The van der Waals surface area contributed by atoms with Crippen LogP contribution in [0.1, 0.15) is 11.3 Å². The minimum atomic E-state index is -0.533. The Labute approximate surface area is 200 Å². The Hall–Kier alpha value is -3.98. The number of nitrogens with one attached hydrogen (secondary N) is 1. The second-order valence-corrected chi connectivity index (χ2v) is 8.30. The summed E-state index contributed by atoms with van der Waals surface area (Å²) in [5.41, 5.74) is 2.33. The highest BCUT2D eigenvalue weighted by molar-refractivity contribution is 7.98. The SMILES string of the molecule is COc1ncc([N+](=O)[O-])c(NCc2ncc(SCc3ccccc3)cc2F)c1-c1ccccc1. The van der Waals surface area contributed by atoms with Gasteiger partial charge < -0.3 is 10.1 Å². The summed E-state index contributed by atoms with van der Waals surface area (Å²) >= 11 is 1.48. The second-order valence-electron chi connectivity index (χ2n) is 7.25. The Morgan fingerprint density at radius 3 is 2.41 bits per heavy atom. The van der Waals surface area contributed by atoms with E-state index in [1.165, 1.54) is 24.9 Å². The van der Waals surface area contributed by atoms with Crippen molar-refractivity contribution in [2.24, 2.45) is 0 Å². The topological polar surface area (TPSA) is 90.2 Å². The normalized spacial score (nSPS) is 10.6. The first-order valence-electron chi connectivity index (χ1n) is 10.4. The van der Waals surface area contributed by atoms with Crippen molar-refractivity contribution in [2.75, 3.05) is 12.4 Å². The minimum Gasteiger partial charge on any atom is -0.480 e. The summed E-state index contributed by atoms with van der Waals surface area (Å²) in [6, 6.07) is 20.4. The van der Waals surface area contributed by atoms with Crippen LogP contribution in [0.4, 0.5) is 15.8 Å². The highest BCUT2D eigenvalue weighted by atomic mass is 32.2. The van der Waals surface area contributed by atoms with Crippen molar-refractivity contribution in [3.8, 4) is 17.0 Å². The molecule has 0 aliphatic heterocycles. The van der Waals surface area contributed by atoms with Crippen molar-refractivity contribution in [2.45, 2.75) is 17.2 Å². The maximum absolute atomic E-state index is 14.8. The zero-order valence-corrected chi connectivity index (χ0v) is 19.1. The summed E-state index contributed by atoms with van der Waals surface area (Å²) in [7, 11) is 1.44. The van der Waals surface area contributed by atoms with E-state index in [0.717, 1.165) is 11.8 Å². The molecular formula is C25H21FN4O3S. The zero-order valence-electron chi connectivity index (χ0n) is 18.3. The van der Waals surface area contributed by atoms with Gasteiger partial charge in [-0.1, -0.05) is 60.7 Å². The third-order valence-corrected chi connectivity index (χ3v) is 6.08. The fourth-order valence-electron chi connectivity index (χ4n) is 3.40. The molecular weight excluding hydrogens is 455 g/mol. The van der Waals surface area contributed by atoms with Gasteiger partial charge in [0.05, 0.1) is 29.8 Å². The van der Waals surface area contributed by atoms with Crippen LogP contribution in [0, 0.1) is 15.9 Å². The minimum absolute atomic E-state index is 0.0523. The van der Waals surface area contributed by atoms with Gasteiger partial charge in [-0.25, -0.2) is 9.37 Å². The van der Waals surface area contributed by atoms with E-state index in [-0.39, 0.29) is 29.5 Å². The molecule has 0 fully saturated rings. The van der Waals surface area contributed by atoms with Crippen LogP contribution in [-0.4, -0.2) is 22.0 Å². The largest absolute Gasteiger partial charge is 0.480 e. The van der Waals surface area contributed by atoms with E-state index in [1.807, 2.05) is 48.5 Å². The lowest BCUT2D eigenvalue weighted by Crippen LogP contribution is -2.09. The zero-order chi connectivity index (χ0) is 23.9. The van der Waals surface area contributed by atoms with Crippen LogP contribution in [0.15, 0.2) is 84.0 Å². The van der Waals surface area contributed by atoms with E-state index in [0.29, 0.717) is 21.8 Å². The Balaban J connectivity index is 1.59. The summed E-state index contributed by atoms with van der Waals surface area (Å²) in [6.07, 6.45) is 2.73. The predicted octanol–water partition coefficient (Wildman–Crippen LogP) is 6.10. The molecule has 7 nitrogen and oxygen atoms in total. The maximum Gasteiger partial charge on any atom is 0.311 e. The lowest BCUT2D eigenvalue weighted by Gasteiger charge is -2.15. The molecule has 2 aromatic heterocycles. The first-order chi connectivity index (χ1) is 16.6. The monoisotopic (exact) mass is 476 g/mol. The Kier molecular flexibility index (Phi) is 7.34. The molecule has 0 atom stereocenters. The lowest BCUT2D eigenvalue weighted by atomic mass is 10.0. The number of rotatable bonds is 9. The third kappa shape index (κ3) is 5.32. The van der Waals surface area contributed by atoms with Crippen molar-refractivity contribution < 1.29 is 14.1 Å². The average Bonchev–Trinajstić information content (AvgIpc) is 2.87. The number of nitrogens with zero attached hydrogens (tertiary/aromatic N) is 3. The Morgan fingerprint density at radius 1 is 1.06 bits per heavy atom. The van der Waals surface area contributed by atoms with Gasteiger partial charge in [0.1, 0.15) is 17.7 Å². The van der Waals surface area contributed by atoms with Crippen LogP contribution in [-0.2, 0) is 12.3 Å². The van der Waals surface area contributed by atoms with E-state index < -0.39 is 10.7 Å². The van der Waals surface area contributed by atoms with Crippen molar-refractivity contribution in [3.05, 3.63) is 106 Å². The van der Waals surface area contributed by atoms with Crippen molar-refractivity contribution in [1.82, 2.24) is 9.97 Å². The molecule has 0 amide bonds. The molecule has 4 aromatic rings. The molecule has 34 heavy (non-hydrogen) atoms. The number of nitro groups is 1. The summed E-state index contributed by atoms with van der Waals surface area (Å²) in [4.78, 5) is 20.2. The molecule has 0 aliphatic rings. The molecule has 0 unspecified atom stereocenters. The van der Waals surface area contributed by atoms with Gasteiger partial charge >= 0.3 is 5.69 Å². The predicted molar refractivity (Wildman–Crippen MR) is 130 cm³/mol. The summed E-state index contributed by atoms with van der Waals surface area (Å²) in [5.74, 6) is 0.430. The van der Waals surface area contributed by atoms with Crippen LogP contribution in [0.2, 0.25) is 0 Å². The number of pyridine rings is 2. The number of methoxy groups -OCH3 is 1. The number of halogens is 1. The number of thioether (sulfide) groups is 1. The quantitative estimate of drug-likeness (QED) is 0.177. The fraction of sp³-hybridized carbons (Fsp3) is 0.120. The molecule has 1 N–H and O–H groups in total. The molecule has 0 bridgehead atoms. The summed E-state index contributed by atoms with van der Waals surface area (Å²) < 4.78 is 20.2. The molecule has 9 heteroatoms. The number of aromatic nitrogens is 2. The lowest BCUT2D eigenvalue weighted by molar-refractivity contribution is -0.384. The van der Waals surface area contributed by atoms with Gasteiger partial charge in [-0.05, 0) is 17.2 Å². The molecule has 2 aromatic carbocycles. The van der Waals surface area contributed by atoms with Gasteiger partial charge in [-0.15, -0.1) is 11.8 Å². The first kappa shape index (κ1) is 23.2. The smallest absolute Gasteiger partial charge is 0.311 e. The standard InChI is InChI=1S/C25H21FN4O3S/c1-33-25-23(18-10-6-3-7-11-18)24(22(15-29-25)30(31)32)28-14-21-20(26)12-19(13-27-21)34-16-17-8-4-2-5-9-17/h2-13,15H,14,16H2,1H3,(H,28,29). The van der Waals surface area contributed by atoms with Crippen LogP contribution in [0.3, 0.4) is 0 Å². The Morgan fingerprint density at radius 2 is 1.76 bits per heavy atom. The van der Waals surface area contributed by atoms with Crippen LogP contribution in [0.25, 0.3) is 11.1 Å². The number of hydrogen-bond donors (Lipinski definition) is 1. The van der Waals surface area contributed by atoms with Crippen LogP contribution in [0.5, 0.6) is 5.88 Å². The molecule has 0 saturated carbocycles. The van der Waals surface area contributed by atoms with Gasteiger partial charge in [0.2, 0.25) is 5.88 Å². The van der Waals surface area contributed by atoms with Gasteiger partial charge in [0.15, 0.2) is 0 Å². The van der Waals surface area contributed by atoms with Gasteiger partial charge in [0, 0.05) is 16.8 Å². The summed E-state index contributed by atoms with van der Waals surface area (Å²) in [6.45, 7) is -0.0523. The molecule has 0 spiro atoms. The number of hydrogen-bond acceptors (Lipinski definition) is 7. The number of ether oxygens (including phenoxy) is 1. The van der Waals surface area contributed by atoms with E-state index in [4.69, 9.17) is 4.74 Å². The highest BCUT2D eigenvalue weighted by Crippen LogP contribution is 2.41. The second kappa shape index (κ2) is 10.8. The number of anilines is 1. The van der Waals surface area contributed by atoms with Gasteiger partial charge in [-0.3, -0.25) is 15.1 Å². The summed E-state index contributed by atoms with van der Waals surface area (Å²) in [5, 5.41) is 14.7. The fourth-order valence-corrected chi connectivity index (χ4v) is 4.24. The van der Waals surface area contributed by atoms with E-state index in [1.54, 1.807) is 18.3 Å². The van der Waals surface area contributed by atoms with Crippen molar-refractivity contribution >= 4 is 23.1 Å². The molecule has 0 aliphatic carbocycles. The van der Waals surface area contributed by atoms with Crippen molar-refractivity contribution in [1.29, 1.82) is 0 Å². The molecule has 0 radical (unpaired) electrons. The average molecular weight is 477 g/mol. The Bertz CT molecular complexity index is 1290. The van der Waals surface area contributed by atoms with Crippen LogP contribution < -0.4 is 10.1 Å². The van der Waals surface area contributed by atoms with Crippen LogP contribution >= 0.6 is 11.8 Å². The van der Waals surface area contributed by atoms with Crippen molar-refractivity contribution in [3.63, 3.8) is 0 Å². The molecule has 4 rings (SSSR count). The van der Waals surface area contributed by atoms with Gasteiger partial charge in [-0.2, -0.15) is 0 Å². The molecule has 172 valence electrons. The maximum atomic E-state index is 14.8. The first-order valence-corrected chi connectivity index (χ1v) is 11.4. The van der Waals surface area contributed by atoms with E-state index in [9.17, 15) is 14.5 Å². The van der Waals surface area contributed by atoms with Gasteiger partial charge in [0.25, 0.3) is 0 Å². The molecule has 0 saturated heterocycles. The highest BCUT2D eigenvalue weighted by Gasteiger charge is 2.24. The number of benzene rings is 2. The third-order valence-electron chi connectivity index (χ3n) is 5.05.